The number of carbonyl (C=O) groups excluding carboxylic acids is 1. The molecule has 1 aliphatic rings. The molecule has 0 aliphatic carbocycles. The van der Waals surface area contributed by atoms with Gasteiger partial charge < -0.3 is 14.8 Å². The molecule has 0 atom stereocenters. The van der Waals surface area contributed by atoms with Crippen molar-refractivity contribution in [3.63, 3.8) is 0 Å². The molecule has 0 bridgehead atoms. The fourth-order valence-electron chi connectivity index (χ4n) is 3.32. The fraction of sp³-hybridized carbons (Fsp3) is 0.556. The van der Waals surface area contributed by atoms with Gasteiger partial charge in [0, 0.05) is 30.9 Å². The number of rotatable bonds is 7. The molecule has 5 nitrogen and oxygen atoms in total. The molecule has 124 valence electrons. The first-order valence-electron chi connectivity index (χ1n) is 8.74. The van der Waals surface area contributed by atoms with Crippen LogP contribution >= 0.6 is 0 Å². The Morgan fingerprint density at radius 2 is 2.13 bits per heavy atom. The molecule has 1 aliphatic heterocycles. The topological polar surface area (TPSA) is 50.2 Å². The van der Waals surface area contributed by atoms with Gasteiger partial charge in [-0.1, -0.05) is 6.92 Å². The lowest BCUT2D eigenvalue weighted by Crippen LogP contribution is -2.28. The second-order valence-electron chi connectivity index (χ2n) is 6.27. The molecule has 0 saturated carbocycles. The number of likely N-dealkylation sites (tertiary alicyclic amines) is 1. The minimum atomic E-state index is 0.0132. The van der Waals surface area contributed by atoms with Gasteiger partial charge in [0.1, 0.15) is 5.65 Å². The number of fused-ring (bicyclic) bond motifs is 1. The molecular formula is C18H26N4O. The van der Waals surface area contributed by atoms with Gasteiger partial charge in [-0.3, -0.25) is 4.79 Å². The van der Waals surface area contributed by atoms with E-state index in [1.807, 2.05) is 18.3 Å². The molecule has 0 unspecified atom stereocenters. The molecule has 0 aromatic carbocycles. The minimum absolute atomic E-state index is 0.0132. The van der Waals surface area contributed by atoms with Crippen LogP contribution in [0.3, 0.4) is 0 Å². The van der Waals surface area contributed by atoms with E-state index in [0.29, 0.717) is 0 Å². The van der Waals surface area contributed by atoms with Crippen LogP contribution in [0.1, 0.15) is 43.0 Å². The SMILES string of the molecule is CCCn1cc(C(=O)NCCCN2CCCC2)c2cccnc21. The molecule has 1 fully saturated rings. The van der Waals surface area contributed by atoms with Gasteiger partial charge in [0.05, 0.1) is 5.56 Å². The van der Waals surface area contributed by atoms with Crippen molar-refractivity contribution in [2.45, 2.75) is 39.2 Å². The maximum Gasteiger partial charge on any atom is 0.253 e. The van der Waals surface area contributed by atoms with Crippen LogP contribution in [0.25, 0.3) is 11.0 Å². The van der Waals surface area contributed by atoms with Crippen molar-refractivity contribution in [3.05, 3.63) is 30.1 Å². The van der Waals surface area contributed by atoms with Gasteiger partial charge in [0.2, 0.25) is 0 Å². The highest BCUT2D eigenvalue weighted by atomic mass is 16.1. The quantitative estimate of drug-likeness (QED) is 0.799. The molecule has 0 radical (unpaired) electrons. The Bertz CT molecular complexity index is 658. The lowest BCUT2D eigenvalue weighted by atomic mass is 10.2. The van der Waals surface area contributed by atoms with Crippen molar-refractivity contribution in [2.75, 3.05) is 26.2 Å². The van der Waals surface area contributed by atoms with Crippen molar-refractivity contribution in [1.82, 2.24) is 19.8 Å². The summed E-state index contributed by atoms with van der Waals surface area (Å²) in [4.78, 5) is 19.4. The predicted molar refractivity (Wildman–Crippen MR) is 92.6 cm³/mol. The number of nitrogens with one attached hydrogen (secondary N) is 1. The molecule has 0 spiro atoms. The van der Waals surface area contributed by atoms with E-state index in [2.05, 4.69) is 26.7 Å². The molecule has 1 N–H and O–H groups in total. The van der Waals surface area contributed by atoms with E-state index in [4.69, 9.17) is 0 Å². The van der Waals surface area contributed by atoms with Crippen LogP contribution in [-0.4, -0.2) is 46.5 Å². The van der Waals surface area contributed by atoms with E-state index in [-0.39, 0.29) is 5.91 Å². The first kappa shape index (κ1) is 16.0. The summed E-state index contributed by atoms with van der Waals surface area (Å²) >= 11 is 0. The molecule has 2 aromatic heterocycles. The summed E-state index contributed by atoms with van der Waals surface area (Å²) < 4.78 is 2.08. The summed E-state index contributed by atoms with van der Waals surface area (Å²) in [7, 11) is 0. The highest BCUT2D eigenvalue weighted by Gasteiger charge is 2.15. The number of hydrogen-bond donors (Lipinski definition) is 1. The van der Waals surface area contributed by atoms with Gasteiger partial charge in [-0.2, -0.15) is 0 Å². The Morgan fingerprint density at radius 1 is 1.30 bits per heavy atom. The Balaban J connectivity index is 1.61. The summed E-state index contributed by atoms with van der Waals surface area (Å²) in [6.07, 6.45) is 8.39. The van der Waals surface area contributed by atoms with Crippen LogP contribution in [0.15, 0.2) is 24.5 Å². The summed E-state index contributed by atoms with van der Waals surface area (Å²) in [5, 5.41) is 4.01. The first-order valence-corrected chi connectivity index (χ1v) is 8.74. The van der Waals surface area contributed by atoms with Crippen LogP contribution in [-0.2, 0) is 6.54 Å². The Hall–Kier alpha value is -1.88. The third-order valence-electron chi connectivity index (χ3n) is 4.48. The van der Waals surface area contributed by atoms with Gasteiger partial charge in [-0.15, -0.1) is 0 Å². The predicted octanol–water partition coefficient (Wildman–Crippen LogP) is 2.66. The van der Waals surface area contributed by atoms with Gasteiger partial charge in [-0.05, 0) is 57.5 Å². The first-order chi connectivity index (χ1) is 11.3. The van der Waals surface area contributed by atoms with Crippen LogP contribution in [0.5, 0.6) is 0 Å². The van der Waals surface area contributed by atoms with Crippen molar-refractivity contribution in [2.24, 2.45) is 0 Å². The summed E-state index contributed by atoms with van der Waals surface area (Å²) in [6, 6.07) is 3.87. The van der Waals surface area contributed by atoms with Crippen molar-refractivity contribution >= 4 is 16.9 Å². The fourth-order valence-corrected chi connectivity index (χ4v) is 3.32. The highest BCUT2D eigenvalue weighted by molar-refractivity contribution is 6.06. The van der Waals surface area contributed by atoms with E-state index in [9.17, 15) is 4.79 Å². The van der Waals surface area contributed by atoms with Gasteiger partial charge in [0.15, 0.2) is 0 Å². The molecule has 1 amide bonds. The normalized spacial score (nSPS) is 15.3. The number of carbonyl (C=O) groups is 1. The maximum absolute atomic E-state index is 12.5. The number of amides is 1. The lowest BCUT2D eigenvalue weighted by molar-refractivity contribution is 0.0953. The van der Waals surface area contributed by atoms with Gasteiger partial charge in [0.25, 0.3) is 5.91 Å². The van der Waals surface area contributed by atoms with E-state index in [1.165, 1.54) is 25.9 Å². The minimum Gasteiger partial charge on any atom is -0.352 e. The third kappa shape index (κ3) is 3.72. The zero-order valence-corrected chi connectivity index (χ0v) is 13.9. The number of aryl methyl sites for hydroxylation is 1. The van der Waals surface area contributed by atoms with E-state index >= 15 is 0 Å². The highest BCUT2D eigenvalue weighted by Crippen LogP contribution is 2.19. The maximum atomic E-state index is 12.5. The smallest absolute Gasteiger partial charge is 0.253 e. The van der Waals surface area contributed by atoms with Gasteiger partial charge in [-0.25, -0.2) is 4.98 Å². The van der Waals surface area contributed by atoms with Crippen LogP contribution < -0.4 is 5.32 Å². The van der Waals surface area contributed by atoms with Crippen LogP contribution in [0, 0.1) is 0 Å². The third-order valence-corrected chi connectivity index (χ3v) is 4.48. The summed E-state index contributed by atoms with van der Waals surface area (Å²) in [6.45, 7) is 7.26. The van der Waals surface area contributed by atoms with Crippen molar-refractivity contribution in [3.8, 4) is 0 Å². The number of hydrogen-bond acceptors (Lipinski definition) is 3. The van der Waals surface area contributed by atoms with Crippen molar-refractivity contribution < 1.29 is 4.79 Å². The average molecular weight is 314 g/mol. The van der Waals surface area contributed by atoms with E-state index < -0.39 is 0 Å². The number of aromatic nitrogens is 2. The lowest BCUT2D eigenvalue weighted by Gasteiger charge is -2.14. The standard InChI is InChI=1S/C18H26N4O/c1-2-10-22-14-16(15-7-5-8-19-17(15)22)18(23)20-9-6-13-21-11-3-4-12-21/h5,7-8,14H,2-4,6,9-13H2,1H3,(H,20,23). The summed E-state index contributed by atoms with van der Waals surface area (Å²) in [5.41, 5.74) is 1.64. The number of pyridine rings is 1. The van der Waals surface area contributed by atoms with Crippen molar-refractivity contribution in [1.29, 1.82) is 0 Å². The molecular weight excluding hydrogens is 288 g/mol. The second kappa shape index (κ2) is 7.59. The zero-order valence-electron chi connectivity index (χ0n) is 13.9. The average Bonchev–Trinajstić information content (AvgIpc) is 3.20. The molecule has 3 rings (SSSR count). The summed E-state index contributed by atoms with van der Waals surface area (Å²) in [5.74, 6) is 0.0132. The van der Waals surface area contributed by atoms with E-state index in [1.54, 1.807) is 6.20 Å². The largest absolute Gasteiger partial charge is 0.352 e. The Morgan fingerprint density at radius 3 is 2.91 bits per heavy atom. The molecule has 3 heterocycles. The second-order valence-corrected chi connectivity index (χ2v) is 6.27. The molecule has 23 heavy (non-hydrogen) atoms. The number of nitrogens with zero attached hydrogens (tertiary/aromatic N) is 3. The Kier molecular flexibility index (Phi) is 5.28. The zero-order chi connectivity index (χ0) is 16.1. The molecule has 1 saturated heterocycles. The van der Waals surface area contributed by atoms with Gasteiger partial charge >= 0.3 is 0 Å². The van der Waals surface area contributed by atoms with Crippen LogP contribution in [0.2, 0.25) is 0 Å². The monoisotopic (exact) mass is 314 g/mol. The Labute approximate surface area is 137 Å². The molecule has 2 aromatic rings. The van der Waals surface area contributed by atoms with Crippen LogP contribution in [0.4, 0.5) is 0 Å². The van der Waals surface area contributed by atoms with E-state index in [0.717, 1.165) is 49.1 Å². The molecule has 5 heteroatoms.